The summed E-state index contributed by atoms with van der Waals surface area (Å²) in [5.74, 6) is -0.264. The van der Waals surface area contributed by atoms with Crippen molar-refractivity contribution in [3.8, 4) is 0 Å². The Morgan fingerprint density at radius 2 is 1.85 bits per heavy atom. The number of aliphatic hydroxyl groups excluding tert-OH is 2. The molecule has 8 heteroatoms. The summed E-state index contributed by atoms with van der Waals surface area (Å²) in [6, 6.07) is -0.677. The Kier molecular flexibility index (Phi) is 4.68. The first-order valence-corrected chi connectivity index (χ1v) is 8.62. The van der Waals surface area contributed by atoms with Crippen molar-refractivity contribution in [3.63, 3.8) is 0 Å². The summed E-state index contributed by atoms with van der Waals surface area (Å²) >= 11 is 0. The highest BCUT2D eigenvalue weighted by Gasteiger charge is 2.42. The van der Waals surface area contributed by atoms with Gasteiger partial charge in [-0.25, -0.2) is 8.42 Å². The topological polar surface area (TPSA) is 98.2 Å². The number of β-amino-alcohol motifs (C(OH)–C–C–N with tert-alkyl or cyclic N) is 2. The second-order valence-electron chi connectivity index (χ2n) is 5.46. The number of hydrogen-bond donors (Lipinski definition) is 2. The quantitative estimate of drug-likeness (QED) is 0.676. The van der Waals surface area contributed by atoms with Gasteiger partial charge in [0.2, 0.25) is 15.9 Å². The number of aliphatic hydroxyl groups is 2. The number of amides is 1. The summed E-state index contributed by atoms with van der Waals surface area (Å²) < 4.78 is 25.6. The summed E-state index contributed by atoms with van der Waals surface area (Å²) in [6.45, 7) is 2.30. The summed E-state index contributed by atoms with van der Waals surface area (Å²) in [4.78, 5) is 13.8. The molecule has 0 spiro atoms. The lowest BCUT2D eigenvalue weighted by molar-refractivity contribution is -0.134. The molecule has 2 aliphatic heterocycles. The van der Waals surface area contributed by atoms with E-state index >= 15 is 0 Å². The first-order valence-electron chi connectivity index (χ1n) is 7.01. The molecule has 0 saturated carbocycles. The van der Waals surface area contributed by atoms with Crippen molar-refractivity contribution >= 4 is 15.9 Å². The van der Waals surface area contributed by atoms with Crippen molar-refractivity contribution in [3.05, 3.63) is 0 Å². The van der Waals surface area contributed by atoms with Gasteiger partial charge in [-0.2, -0.15) is 4.31 Å². The van der Waals surface area contributed by atoms with Crippen molar-refractivity contribution in [1.29, 1.82) is 0 Å². The first-order chi connectivity index (χ1) is 9.36. The first kappa shape index (κ1) is 15.7. The number of carbonyl (C=O) groups excluding carboxylic acids is 1. The summed E-state index contributed by atoms with van der Waals surface area (Å²) in [7, 11) is -3.40. The molecule has 2 fully saturated rings. The summed E-state index contributed by atoms with van der Waals surface area (Å²) in [6.07, 6.45) is -0.203. The van der Waals surface area contributed by atoms with Crippen LogP contribution >= 0.6 is 0 Å². The van der Waals surface area contributed by atoms with Gasteiger partial charge in [-0.1, -0.05) is 6.92 Å². The third-order valence-corrected chi connectivity index (χ3v) is 5.95. The van der Waals surface area contributed by atoms with Crippen LogP contribution in [0.1, 0.15) is 26.2 Å². The Bertz CT molecular complexity index is 456. The number of carbonyl (C=O) groups is 1. The predicted octanol–water partition coefficient (Wildman–Crippen LogP) is -1.25. The molecular formula is C12H22N2O5S. The minimum absolute atomic E-state index is 0.0437. The second-order valence-corrected chi connectivity index (χ2v) is 7.50. The van der Waals surface area contributed by atoms with Crippen molar-refractivity contribution < 1.29 is 23.4 Å². The molecule has 2 N–H and O–H groups in total. The van der Waals surface area contributed by atoms with Crippen molar-refractivity contribution in [2.24, 2.45) is 0 Å². The fourth-order valence-corrected chi connectivity index (χ4v) is 4.60. The van der Waals surface area contributed by atoms with Gasteiger partial charge in [0.1, 0.15) is 6.04 Å². The number of rotatable bonds is 4. The van der Waals surface area contributed by atoms with Gasteiger partial charge in [-0.05, 0) is 19.3 Å². The van der Waals surface area contributed by atoms with E-state index in [-0.39, 0.29) is 24.7 Å². The van der Waals surface area contributed by atoms with E-state index < -0.39 is 28.3 Å². The molecule has 0 bridgehead atoms. The Morgan fingerprint density at radius 1 is 1.25 bits per heavy atom. The van der Waals surface area contributed by atoms with E-state index in [1.54, 1.807) is 6.92 Å². The Labute approximate surface area is 119 Å². The lowest BCUT2D eigenvalue weighted by Crippen LogP contribution is -2.48. The molecule has 7 nitrogen and oxygen atoms in total. The highest BCUT2D eigenvalue weighted by Crippen LogP contribution is 2.25. The number of hydrogen-bond acceptors (Lipinski definition) is 5. The molecule has 2 heterocycles. The van der Waals surface area contributed by atoms with E-state index in [2.05, 4.69) is 0 Å². The maximum Gasteiger partial charge on any atom is 0.241 e. The Hall–Kier alpha value is -0.700. The average Bonchev–Trinajstić information content (AvgIpc) is 2.97. The fourth-order valence-electron chi connectivity index (χ4n) is 2.86. The van der Waals surface area contributed by atoms with Crippen LogP contribution in [-0.4, -0.2) is 77.4 Å². The molecule has 3 atom stereocenters. The van der Waals surface area contributed by atoms with Crippen LogP contribution in [0.15, 0.2) is 0 Å². The van der Waals surface area contributed by atoms with Crippen LogP contribution in [0.25, 0.3) is 0 Å². The van der Waals surface area contributed by atoms with Crippen LogP contribution in [-0.2, 0) is 14.8 Å². The van der Waals surface area contributed by atoms with Gasteiger partial charge in [0.15, 0.2) is 0 Å². The van der Waals surface area contributed by atoms with Crippen LogP contribution in [0.4, 0.5) is 0 Å². The van der Waals surface area contributed by atoms with Gasteiger partial charge in [0, 0.05) is 19.6 Å². The van der Waals surface area contributed by atoms with Crippen LogP contribution in [0.2, 0.25) is 0 Å². The maximum atomic E-state index is 12.4. The molecule has 1 amide bonds. The molecule has 2 saturated heterocycles. The Morgan fingerprint density at radius 3 is 2.40 bits per heavy atom. The Balaban J connectivity index is 2.09. The van der Waals surface area contributed by atoms with E-state index in [0.29, 0.717) is 25.8 Å². The molecule has 0 aromatic rings. The number of nitrogens with zero attached hydrogens (tertiary/aromatic N) is 2. The molecular weight excluding hydrogens is 284 g/mol. The summed E-state index contributed by atoms with van der Waals surface area (Å²) in [5.41, 5.74) is 0. The molecule has 3 unspecified atom stereocenters. The number of sulfonamides is 1. The minimum Gasteiger partial charge on any atom is -0.388 e. The zero-order chi connectivity index (χ0) is 14.9. The molecule has 0 radical (unpaired) electrons. The normalized spacial score (nSPS) is 31.9. The second kappa shape index (κ2) is 5.97. The van der Waals surface area contributed by atoms with E-state index in [9.17, 15) is 23.4 Å². The molecule has 0 aromatic heterocycles. The minimum atomic E-state index is -3.40. The van der Waals surface area contributed by atoms with Gasteiger partial charge in [0.05, 0.1) is 18.0 Å². The molecule has 0 aliphatic carbocycles. The third kappa shape index (κ3) is 2.98. The van der Waals surface area contributed by atoms with E-state index in [4.69, 9.17) is 0 Å². The van der Waals surface area contributed by atoms with E-state index in [0.717, 1.165) is 0 Å². The van der Waals surface area contributed by atoms with Crippen molar-refractivity contribution in [2.75, 3.05) is 25.4 Å². The molecule has 0 aromatic carbocycles. The van der Waals surface area contributed by atoms with Crippen LogP contribution in [0, 0.1) is 0 Å². The van der Waals surface area contributed by atoms with Gasteiger partial charge < -0.3 is 15.1 Å². The SMILES string of the molecule is CCCS(=O)(=O)N1CCCC1C(=O)N1CC(O)C(O)C1. The van der Waals surface area contributed by atoms with Gasteiger partial charge in [0.25, 0.3) is 0 Å². The smallest absolute Gasteiger partial charge is 0.241 e. The molecule has 20 heavy (non-hydrogen) atoms. The third-order valence-electron chi connectivity index (χ3n) is 3.88. The monoisotopic (exact) mass is 306 g/mol. The van der Waals surface area contributed by atoms with Gasteiger partial charge in [-0.15, -0.1) is 0 Å². The standard InChI is InChI=1S/C12H22N2O5S/c1-2-6-20(18,19)14-5-3-4-9(14)12(17)13-7-10(15)11(16)8-13/h9-11,15-16H,2-8H2,1H3. The number of likely N-dealkylation sites (tertiary alicyclic amines) is 1. The fraction of sp³-hybridized carbons (Fsp3) is 0.917. The lowest BCUT2D eigenvalue weighted by atomic mass is 10.2. The zero-order valence-electron chi connectivity index (χ0n) is 11.6. The van der Waals surface area contributed by atoms with Crippen LogP contribution in [0.3, 0.4) is 0 Å². The maximum absolute atomic E-state index is 12.4. The van der Waals surface area contributed by atoms with Gasteiger partial charge >= 0.3 is 0 Å². The summed E-state index contributed by atoms with van der Waals surface area (Å²) in [5, 5.41) is 19.0. The molecule has 116 valence electrons. The van der Waals surface area contributed by atoms with Crippen LogP contribution < -0.4 is 0 Å². The van der Waals surface area contributed by atoms with Gasteiger partial charge in [-0.3, -0.25) is 4.79 Å². The largest absolute Gasteiger partial charge is 0.388 e. The van der Waals surface area contributed by atoms with Crippen molar-refractivity contribution in [1.82, 2.24) is 9.21 Å². The lowest BCUT2D eigenvalue weighted by Gasteiger charge is -2.27. The zero-order valence-corrected chi connectivity index (χ0v) is 12.4. The van der Waals surface area contributed by atoms with Crippen LogP contribution in [0.5, 0.6) is 0 Å². The average molecular weight is 306 g/mol. The van der Waals surface area contributed by atoms with Crippen molar-refractivity contribution in [2.45, 2.75) is 44.4 Å². The highest BCUT2D eigenvalue weighted by atomic mass is 32.2. The predicted molar refractivity (Wildman–Crippen MR) is 72.4 cm³/mol. The van der Waals surface area contributed by atoms with E-state index in [1.165, 1.54) is 9.21 Å². The highest BCUT2D eigenvalue weighted by molar-refractivity contribution is 7.89. The molecule has 2 rings (SSSR count). The van der Waals surface area contributed by atoms with E-state index in [1.807, 2.05) is 0 Å². The molecule has 2 aliphatic rings.